The maximum atomic E-state index is 12.5. The molecule has 0 saturated carbocycles. The first-order valence-corrected chi connectivity index (χ1v) is 8.74. The molecular formula is C14H16N2O2S2. The van der Waals surface area contributed by atoms with Crippen molar-refractivity contribution in [2.24, 2.45) is 0 Å². The Morgan fingerprint density at radius 1 is 1.10 bits per heavy atom. The fourth-order valence-corrected chi connectivity index (χ4v) is 5.29. The predicted octanol–water partition coefficient (Wildman–Crippen LogP) is 2.43. The van der Waals surface area contributed by atoms with Gasteiger partial charge in [0, 0.05) is 18.0 Å². The summed E-state index contributed by atoms with van der Waals surface area (Å²) in [6, 6.07) is 0. The summed E-state index contributed by atoms with van der Waals surface area (Å²) in [5, 5.41) is 1.77. The molecule has 20 heavy (non-hydrogen) atoms. The van der Waals surface area contributed by atoms with Gasteiger partial charge in [-0.1, -0.05) is 11.3 Å². The molecule has 0 aromatic carbocycles. The van der Waals surface area contributed by atoms with Crippen molar-refractivity contribution in [2.45, 2.75) is 25.7 Å². The van der Waals surface area contributed by atoms with Crippen molar-refractivity contribution in [1.29, 1.82) is 0 Å². The highest BCUT2D eigenvalue weighted by molar-refractivity contribution is 7.20. The normalized spacial score (nSPS) is 19.3. The van der Waals surface area contributed by atoms with Gasteiger partial charge < -0.3 is 9.64 Å². The van der Waals surface area contributed by atoms with E-state index in [1.807, 2.05) is 0 Å². The van der Waals surface area contributed by atoms with Crippen molar-refractivity contribution in [3.8, 4) is 0 Å². The number of aryl methyl sites for hydroxylation is 2. The lowest BCUT2D eigenvalue weighted by atomic mass is 9.98. The lowest BCUT2D eigenvalue weighted by Gasteiger charge is -2.26. The number of morpholine rings is 1. The minimum absolute atomic E-state index is 0.191. The molecule has 106 valence electrons. The van der Waals surface area contributed by atoms with Crippen LogP contribution in [0.2, 0.25) is 0 Å². The topological polar surface area (TPSA) is 42.4 Å². The molecule has 1 saturated heterocycles. The van der Waals surface area contributed by atoms with Crippen LogP contribution in [0.4, 0.5) is 5.13 Å². The number of fused-ring (bicyclic) bond motifs is 3. The Morgan fingerprint density at radius 2 is 1.90 bits per heavy atom. The Bertz CT molecular complexity index is 701. The van der Waals surface area contributed by atoms with Gasteiger partial charge in [0.05, 0.1) is 18.6 Å². The minimum Gasteiger partial charge on any atom is -0.378 e. The molecule has 1 fully saturated rings. The van der Waals surface area contributed by atoms with E-state index >= 15 is 0 Å². The van der Waals surface area contributed by atoms with Gasteiger partial charge in [-0.25, -0.2) is 4.98 Å². The summed E-state index contributed by atoms with van der Waals surface area (Å²) in [4.78, 5) is 21.8. The summed E-state index contributed by atoms with van der Waals surface area (Å²) in [6.45, 7) is 3.11. The second-order valence-corrected chi connectivity index (χ2v) is 7.30. The van der Waals surface area contributed by atoms with E-state index in [0.29, 0.717) is 0 Å². The zero-order valence-corrected chi connectivity index (χ0v) is 12.8. The van der Waals surface area contributed by atoms with Crippen LogP contribution in [0.5, 0.6) is 0 Å². The highest BCUT2D eigenvalue weighted by Crippen LogP contribution is 2.35. The van der Waals surface area contributed by atoms with Gasteiger partial charge in [0.1, 0.15) is 4.83 Å². The molecule has 1 aliphatic heterocycles. The number of rotatable bonds is 1. The second-order valence-electron chi connectivity index (χ2n) is 5.27. The maximum absolute atomic E-state index is 12.5. The monoisotopic (exact) mass is 308 g/mol. The lowest BCUT2D eigenvalue weighted by molar-refractivity contribution is 0.122. The molecule has 2 aromatic rings. The van der Waals surface area contributed by atoms with Crippen LogP contribution in [0.3, 0.4) is 0 Å². The third kappa shape index (κ3) is 2.06. The van der Waals surface area contributed by atoms with E-state index in [1.165, 1.54) is 34.6 Å². The second kappa shape index (κ2) is 5.09. The van der Waals surface area contributed by atoms with Gasteiger partial charge in [0.25, 0.3) is 0 Å². The summed E-state index contributed by atoms with van der Waals surface area (Å²) < 4.78 is 5.56. The number of anilines is 1. The summed E-state index contributed by atoms with van der Waals surface area (Å²) in [5.41, 5.74) is 1.29. The SMILES string of the molecule is O=c1sc(N2CCOCC2)nc2sc3c(c12)CCCC3. The molecule has 4 rings (SSSR count). The van der Waals surface area contributed by atoms with Crippen molar-refractivity contribution >= 4 is 38.0 Å². The number of nitrogens with zero attached hydrogens (tertiary/aromatic N) is 2. The number of hydrogen-bond acceptors (Lipinski definition) is 6. The molecule has 4 nitrogen and oxygen atoms in total. The quantitative estimate of drug-likeness (QED) is 0.811. The first kappa shape index (κ1) is 12.7. The molecule has 0 N–H and O–H groups in total. The third-order valence-corrected chi connectivity index (χ3v) is 6.13. The van der Waals surface area contributed by atoms with Gasteiger partial charge in [0.2, 0.25) is 4.74 Å². The van der Waals surface area contributed by atoms with Gasteiger partial charge in [-0.15, -0.1) is 11.3 Å². The Hall–Kier alpha value is -0.980. The van der Waals surface area contributed by atoms with Crippen molar-refractivity contribution < 1.29 is 4.74 Å². The van der Waals surface area contributed by atoms with Crippen LogP contribution in [0.25, 0.3) is 10.2 Å². The first-order valence-electron chi connectivity index (χ1n) is 7.11. The van der Waals surface area contributed by atoms with Crippen LogP contribution in [-0.4, -0.2) is 31.3 Å². The van der Waals surface area contributed by atoms with E-state index in [4.69, 9.17) is 9.72 Å². The molecule has 2 aromatic heterocycles. The largest absolute Gasteiger partial charge is 0.378 e. The van der Waals surface area contributed by atoms with E-state index < -0.39 is 0 Å². The van der Waals surface area contributed by atoms with Crippen LogP contribution in [0.15, 0.2) is 4.79 Å². The van der Waals surface area contributed by atoms with E-state index in [0.717, 1.165) is 54.5 Å². The Labute approximate surface area is 125 Å². The number of ether oxygens (including phenoxy) is 1. The summed E-state index contributed by atoms with van der Waals surface area (Å²) in [7, 11) is 0. The number of aromatic nitrogens is 1. The van der Waals surface area contributed by atoms with E-state index in [9.17, 15) is 4.79 Å². The molecule has 0 atom stereocenters. The zero-order chi connectivity index (χ0) is 13.5. The van der Waals surface area contributed by atoms with Crippen molar-refractivity contribution in [3.05, 3.63) is 20.0 Å². The fourth-order valence-electron chi connectivity index (χ4n) is 2.97. The van der Waals surface area contributed by atoms with Crippen LogP contribution in [0.1, 0.15) is 23.3 Å². The molecular weight excluding hydrogens is 292 g/mol. The summed E-state index contributed by atoms with van der Waals surface area (Å²) in [5.74, 6) is 0. The molecule has 0 spiro atoms. The van der Waals surface area contributed by atoms with Gasteiger partial charge in [-0.2, -0.15) is 0 Å². The fraction of sp³-hybridized carbons (Fsp3) is 0.571. The van der Waals surface area contributed by atoms with Gasteiger partial charge in [-0.05, 0) is 31.2 Å². The van der Waals surface area contributed by atoms with E-state index in [2.05, 4.69) is 4.90 Å². The Morgan fingerprint density at radius 3 is 2.75 bits per heavy atom. The van der Waals surface area contributed by atoms with Gasteiger partial charge in [-0.3, -0.25) is 4.79 Å². The lowest BCUT2D eigenvalue weighted by Crippen LogP contribution is -2.36. The molecule has 0 unspecified atom stereocenters. The third-order valence-electron chi connectivity index (χ3n) is 4.02. The van der Waals surface area contributed by atoms with Gasteiger partial charge in [0.15, 0.2) is 5.13 Å². The zero-order valence-electron chi connectivity index (χ0n) is 11.2. The van der Waals surface area contributed by atoms with Crippen LogP contribution in [0, 0.1) is 0 Å². The number of thiophene rings is 1. The maximum Gasteiger partial charge on any atom is 0.246 e. The predicted molar refractivity (Wildman–Crippen MR) is 83.4 cm³/mol. The van der Waals surface area contributed by atoms with Crippen LogP contribution < -0.4 is 9.64 Å². The Balaban J connectivity index is 1.83. The summed E-state index contributed by atoms with van der Waals surface area (Å²) in [6.07, 6.45) is 4.62. The van der Waals surface area contributed by atoms with Crippen molar-refractivity contribution in [2.75, 3.05) is 31.2 Å². The highest BCUT2D eigenvalue weighted by Gasteiger charge is 2.22. The van der Waals surface area contributed by atoms with Crippen molar-refractivity contribution in [1.82, 2.24) is 4.98 Å². The summed E-state index contributed by atoms with van der Waals surface area (Å²) >= 11 is 3.03. The average Bonchev–Trinajstić information content (AvgIpc) is 2.87. The Kier molecular flexibility index (Phi) is 3.24. The van der Waals surface area contributed by atoms with E-state index in [1.54, 1.807) is 11.3 Å². The highest BCUT2D eigenvalue weighted by atomic mass is 32.1. The molecule has 0 bridgehead atoms. The molecule has 2 aliphatic rings. The first-order chi connectivity index (χ1) is 9.83. The molecule has 3 heterocycles. The molecule has 0 radical (unpaired) electrons. The minimum atomic E-state index is 0.191. The molecule has 6 heteroatoms. The standard InChI is InChI=1S/C14H16N2O2S2/c17-13-11-9-3-1-2-4-10(9)19-12(11)15-14(20-13)16-5-7-18-8-6-16/h1-8H2. The number of hydrogen-bond donors (Lipinski definition) is 0. The van der Waals surface area contributed by atoms with E-state index in [-0.39, 0.29) is 4.74 Å². The average molecular weight is 308 g/mol. The van der Waals surface area contributed by atoms with Crippen LogP contribution in [-0.2, 0) is 17.6 Å². The van der Waals surface area contributed by atoms with Crippen LogP contribution >= 0.6 is 22.7 Å². The van der Waals surface area contributed by atoms with Gasteiger partial charge >= 0.3 is 0 Å². The smallest absolute Gasteiger partial charge is 0.246 e. The molecule has 0 amide bonds. The molecule has 1 aliphatic carbocycles. The van der Waals surface area contributed by atoms with Crippen molar-refractivity contribution in [3.63, 3.8) is 0 Å².